The van der Waals surface area contributed by atoms with Crippen molar-refractivity contribution in [1.29, 1.82) is 0 Å². The highest BCUT2D eigenvalue weighted by Crippen LogP contribution is 2.43. The van der Waals surface area contributed by atoms with Crippen molar-refractivity contribution in [3.63, 3.8) is 0 Å². The van der Waals surface area contributed by atoms with Crippen molar-refractivity contribution in [2.75, 3.05) is 25.5 Å². The number of quaternary nitrogens is 1. The number of rotatable bonds is 4. The van der Waals surface area contributed by atoms with Gasteiger partial charge in [0.1, 0.15) is 25.1 Å². The number of aliphatic imine (C=N–C) groups is 1. The molecule has 2 aliphatic heterocycles. The van der Waals surface area contributed by atoms with Crippen molar-refractivity contribution in [1.82, 2.24) is 14.5 Å². The van der Waals surface area contributed by atoms with Crippen LogP contribution in [-0.4, -0.2) is 81.0 Å². The second kappa shape index (κ2) is 5.50. The molecular weight excluding hydrogens is 294 g/mol. The Kier molecular flexibility index (Phi) is 3.80. The number of hydrogen-bond donors (Lipinski definition) is 5. The van der Waals surface area contributed by atoms with Crippen molar-refractivity contribution < 1.29 is 25.2 Å². The summed E-state index contributed by atoms with van der Waals surface area (Å²) in [5.41, 5.74) is 6.11. The molecule has 0 aromatic carbocycles. The van der Waals surface area contributed by atoms with Crippen molar-refractivity contribution in [2.24, 2.45) is 4.99 Å². The molecule has 1 aromatic rings. The van der Waals surface area contributed by atoms with Crippen LogP contribution >= 0.6 is 0 Å². The number of nitrogen functional groups attached to an aromatic ring is 1. The Bertz CT molecular complexity index is 599. The first kappa shape index (κ1) is 15.2. The Morgan fingerprint density at radius 2 is 2.00 bits per heavy atom. The van der Waals surface area contributed by atoms with Crippen LogP contribution in [0.2, 0.25) is 0 Å². The molecule has 3 rings (SSSR count). The van der Waals surface area contributed by atoms with E-state index in [-0.39, 0.29) is 23.5 Å². The number of aliphatic hydroxyl groups excluding tert-OH is 4. The van der Waals surface area contributed by atoms with Crippen molar-refractivity contribution in [3.05, 3.63) is 6.33 Å². The molecule has 1 fully saturated rings. The molecule has 0 spiro atoms. The second-order valence-electron chi connectivity index (χ2n) is 5.28. The van der Waals surface area contributed by atoms with Gasteiger partial charge in [-0.15, -0.1) is 0 Å². The van der Waals surface area contributed by atoms with Gasteiger partial charge in [-0.3, -0.25) is 0 Å². The minimum atomic E-state index is -1.28. The fourth-order valence-electron chi connectivity index (χ4n) is 2.93. The highest BCUT2D eigenvalue weighted by Gasteiger charge is 2.57. The predicted octanol–water partition coefficient (Wildman–Crippen LogP) is -2.53. The van der Waals surface area contributed by atoms with E-state index >= 15 is 0 Å². The average Bonchev–Trinajstić information content (AvgIpc) is 3.02. The third kappa shape index (κ3) is 2.00. The van der Waals surface area contributed by atoms with Crippen LogP contribution in [0.15, 0.2) is 11.3 Å². The maximum absolute atomic E-state index is 10.3. The Morgan fingerprint density at radius 1 is 1.23 bits per heavy atom. The molecule has 5 atom stereocenters. The smallest absolute Gasteiger partial charge is 0.267 e. The Morgan fingerprint density at radius 3 is 2.64 bits per heavy atom. The molecule has 10 heteroatoms. The summed E-state index contributed by atoms with van der Waals surface area (Å²) in [6, 6.07) is 0. The predicted molar refractivity (Wildman–Crippen MR) is 76.1 cm³/mol. The number of nitrogens with zero attached hydrogens (tertiary/aromatic N) is 4. The number of fused-ring (bicyclic) bond motifs is 1. The summed E-state index contributed by atoms with van der Waals surface area (Å²) in [5, 5.41) is 38.9. The maximum atomic E-state index is 10.3. The lowest BCUT2D eigenvalue weighted by atomic mass is 10.1. The first-order chi connectivity index (χ1) is 10.5. The Balaban J connectivity index is 2.06. The van der Waals surface area contributed by atoms with Gasteiger partial charge >= 0.3 is 0 Å². The van der Waals surface area contributed by atoms with Crippen LogP contribution < -0.4 is 10.2 Å². The van der Waals surface area contributed by atoms with Crippen LogP contribution in [0.5, 0.6) is 0 Å². The average molecular weight is 312 g/mol. The summed E-state index contributed by atoms with van der Waals surface area (Å²) in [6.07, 6.45) is -1.72. The monoisotopic (exact) mass is 312 g/mol. The van der Waals surface area contributed by atoms with Gasteiger partial charge < -0.3 is 30.9 Å². The van der Waals surface area contributed by atoms with Gasteiger partial charge in [-0.25, -0.2) is 9.47 Å². The van der Waals surface area contributed by atoms with Gasteiger partial charge in [-0.1, -0.05) is 0 Å². The fourth-order valence-corrected chi connectivity index (χ4v) is 2.93. The zero-order chi connectivity index (χ0) is 15.9. The van der Waals surface area contributed by atoms with Gasteiger partial charge in [0.2, 0.25) is 6.23 Å². The number of nitrogens with two attached hydrogens (primary N) is 1. The topological polar surface area (TPSA) is 154 Å². The van der Waals surface area contributed by atoms with Gasteiger partial charge in [0, 0.05) is 0 Å². The molecule has 120 valence electrons. The molecule has 0 bridgehead atoms. The molecule has 1 saturated heterocycles. The largest absolute Gasteiger partial charge is 0.394 e. The summed E-state index contributed by atoms with van der Waals surface area (Å²) >= 11 is 0. The van der Waals surface area contributed by atoms with Gasteiger partial charge in [-0.05, 0) is 0 Å². The lowest BCUT2D eigenvalue weighted by Crippen LogP contribution is -2.61. The van der Waals surface area contributed by atoms with E-state index in [1.54, 1.807) is 0 Å². The summed E-state index contributed by atoms with van der Waals surface area (Å²) in [4.78, 5) is 12.2. The summed E-state index contributed by atoms with van der Waals surface area (Å²) in [5.74, 6) is 0.544. The van der Waals surface area contributed by atoms with Gasteiger partial charge in [0.05, 0.1) is 13.2 Å². The van der Waals surface area contributed by atoms with Gasteiger partial charge in [0.15, 0.2) is 23.9 Å². The number of aromatic nitrogens is 2. The van der Waals surface area contributed by atoms with E-state index in [4.69, 9.17) is 10.5 Å². The van der Waals surface area contributed by atoms with Gasteiger partial charge in [-0.2, -0.15) is 9.98 Å². The third-order valence-electron chi connectivity index (χ3n) is 4.06. The summed E-state index contributed by atoms with van der Waals surface area (Å²) in [7, 11) is 0. The fraction of sp³-hybridized carbons (Fsp3) is 0.583. The van der Waals surface area contributed by atoms with E-state index in [1.165, 1.54) is 12.7 Å². The van der Waals surface area contributed by atoms with E-state index < -0.39 is 31.1 Å². The van der Waals surface area contributed by atoms with Crippen LogP contribution in [-0.2, 0) is 4.74 Å². The number of ether oxygens (including phenoxy) is 1. The standard InChI is InChI=1S/C12H18N5O5/c13-10-7-11(15-4-14-10)17(1-2-18,5-16-7)12-9(21)8(20)6(3-19)22-12/h4-6,8-9,12,18-21H,1-3H2,(H2,13,14,15)/q+1/t6-,8-,9-,12-,17?/m1/s1. The Hall–Kier alpha value is -1.69. The van der Waals surface area contributed by atoms with E-state index in [0.29, 0.717) is 11.5 Å². The highest BCUT2D eigenvalue weighted by atomic mass is 16.6. The molecule has 0 saturated carbocycles. The van der Waals surface area contributed by atoms with E-state index in [2.05, 4.69) is 15.0 Å². The molecule has 0 aliphatic carbocycles. The molecule has 10 nitrogen and oxygen atoms in total. The third-order valence-corrected chi connectivity index (χ3v) is 4.06. The molecule has 3 heterocycles. The van der Waals surface area contributed by atoms with E-state index in [9.17, 15) is 20.4 Å². The zero-order valence-corrected chi connectivity index (χ0v) is 11.6. The molecule has 1 aromatic heterocycles. The number of anilines is 1. The molecule has 0 radical (unpaired) electrons. The molecule has 1 unspecified atom stereocenters. The van der Waals surface area contributed by atoms with Crippen molar-refractivity contribution in [3.8, 4) is 0 Å². The summed E-state index contributed by atoms with van der Waals surface area (Å²) in [6.45, 7) is -0.564. The van der Waals surface area contributed by atoms with Crippen LogP contribution in [0.3, 0.4) is 0 Å². The SMILES string of the molecule is Nc1ncnc2c1N=C[N+]2(CCO)[C@@H]1O[C@H](CO)[C@@H](O)[C@H]1O. The zero-order valence-electron chi connectivity index (χ0n) is 11.6. The quantitative estimate of drug-likeness (QED) is 0.381. The maximum Gasteiger partial charge on any atom is 0.267 e. The van der Waals surface area contributed by atoms with Crippen LogP contribution in [0, 0.1) is 0 Å². The van der Waals surface area contributed by atoms with Gasteiger partial charge in [0.25, 0.3) is 5.82 Å². The minimum Gasteiger partial charge on any atom is -0.394 e. The highest BCUT2D eigenvalue weighted by molar-refractivity contribution is 5.91. The number of hydrogen-bond acceptors (Lipinski definition) is 9. The minimum absolute atomic E-state index is 0.111. The van der Waals surface area contributed by atoms with Crippen molar-refractivity contribution in [2.45, 2.75) is 24.5 Å². The molecule has 6 N–H and O–H groups in total. The number of aliphatic hydroxyl groups is 4. The lowest BCUT2D eigenvalue weighted by Gasteiger charge is -2.35. The normalized spacial score (nSPS) is 36.7. The van der Waals surface area contributed by atoms with Crippen molar-refractivity contribution >= 4 is 23.7 Å². The summed E-state index contributed by atoms with van der Waals surface area (Å²) < 4.78 is 5.36. The van der Waals surface area contributed by atoms with E-state index in [1.807, 2.05) is 0 Å². The van der Waals surface area contributed by atoms with Crippen LogP contribution in [0.25, 0.3) is 0 Å². The van der Waals surface area contributed by atoms with Crippen LogP contribution in [0.1, 0.15) is 0 Å². The molecular formula is C12H18N5O5+. The Labute approximate surface area is 125 Å². The first-order valence-electron chi connectivity index (χ1n) is 6.82. The van der Waals surface area contributed by atoms with E-state index in [0.717, 1.165) is 0 Å². The second-order valence-corrected chi connectivity index (χ2v) is 5.28. The lowest BCUT2D eigenvalue weighted by molar-refractivity contribution is -0.0694. The first-order valence-corrected chi connectivity index (χ1v) is 6.82. The molecule has 0 amide bonds. The molecule has 22 heavy (non-hydrogen) atoms. The molecule has 2 aliphatic rings. The van der Waals surface area contributed by atoms with Crippen LogP contribution in [0.4, 0.5) is 17.3 Å².